The van der Waals surface area contributed by atoms with Crippen molar-refractivity contribution < 1.29 is 0 Å². The standard InChI is InChI=1S/C15H19N3/c1-11(2)18-9-12-5-4-6-14(15(12)10-18)13-7-16-17(3)8-13/h4-8,11H,9-10H2,1-3H3. The third kappa shape index (κ3) is 1.85. The van der Waals surface area contributed by atoms with E-state index in [-0.39, 0.29) is 0 Å². The van der Waals surface area contributed by atoms with Crippen LogP contribution in [0.1, 0.15) is 25.0 Å². The summed E-state index contributed by atoms with van der Waals surface area (Å²) >= 11 is 0. The summed E-state index contributed by atoms with van der Waals surface area (Å²) in [6.45, 7) is 6.64. The van der Waals surface area contributed by atoms with Crippen molar-refractivity contribution >= 4 is 0 Å². The highest BCUT2D eigenvalue weighted by Crippen LogP contribution is 2.33. The molecule has 18 heavy (non-hydrogen) atoms. The smallest absolute Gasteiger partial charge is 0.0568 e. The number of aromatic nitrogens is 2. The first-order valence-corrected chi connectivity index (χ1v) is 6.49. The zero-order chi connectivity index (χ0) is 12.7. The van der Waals surface area contributed by atoms with E-state index in [2.05, 4.69) is 48.2 Å². The Hall–Kier alpha value is -1.61. The van der Waals surface area contributed by atoms with Gasteiger partial charge in [0.15, 0.2) is 0 Å². The zero-order valence-electron chi connectivity index (χ0n) is 11.2. The minimum Gasteiger partial charge on any atom is -0.292 e. The maximum absolute atomic E-state index is 4.28. The lowest BCUT2D eigenvalue weighted by molar-refractivity contribution is 0.227. The summed E-state index contributed by atoms with van der Waals surface area (Å²) in [5.41, 5.74) is 5.49. The number of fused-ring (bicyclic) bond motifs is 1. The second-order valence-electron chi connectivity index (χ2n) is 5.34. The van der Waals surface area contributed by atoms with Crippen LogP contribution >= 0.6 is 0 Å². The van der Waals surface area contributed by atoms with Crippen molar-refractivity contribution in [1.82, 2.24) is 14.7 Å². The van der Waals surface area contributed by atoms with Crippen molar-refractivity contribution in [3.8, 4) is 11.1 Å². The Morgan fingerprint density at radius 3 is 2.72 bits per heavy atom. The Labute approximate surface area is 108 Å². The maximum Gasteiger partial charge on any atom is 0.0568 e. The number of rotatable bonds is 2. The summed E-state index contributed by atoms with van der Waals surface area (Å²) in [7, 11) is 1.97. The van der Waals surface area contributed by atoms with Gasteiger partial charge in [-0.25, -0.2) is 0 Å². The van der Waals surface area contributed by atoms with E-state index in [0.29, 0.717) is 6.04 Å². The predicted molar refractivity (Wildman–Crippen MR) is 73.0 cm³/mol. The summed E-state index contributed by atoms with van der Waals surface area (Å²) in [5, 5.41) is 4.28. The molecule has 3 nitrogen and oxygen atoms in total. The van der Waals surface area contributed by atoms with E-state index in [1.165, 1.54) is 22.3 Å². The van der Waals surface area contributed by atoms with Crippen LogP contribution < -0.4 is 0 Å². The van der Waals surface area contributed by atoms with Crippen molar-refractivity contribution in [2.45, 2.75) is 33.0 Å². The lowest BCUT2D eigenvalue weighted by Crippen LogP contribution is -2.24. The van der Waals surface area contributed by atoms with E-state index in [4.69, 9.17) is 0 Å². The van der Waals surface area contributed by atoms with Crippen LogP contribution in [0.25, 0.3) is 11.1 Å². The highest BCUT2D eigenvalue weighted by Gasteiger charge is 2.23. The molecule has 0 saturated heterocycles. The minimum absolute atomic E-state index is 0.596. The molecule has 0 fully saturated rings. The lowest BCUT2D eigenvalue weighted by Gasteiger charge is -2.19. The summed E-state index contributed by atoms with van der Waals surface area (Å²) < 4.78 is 1.86. The molecule has 0 unspecified atom stereocenters. The van der Waals surface area contributed by atoms with Gasteiger partial charge in [-0.2, -0.15) is 5.10 Å². The molecule has 3 rings (SSSR count). The van der Waals surface area contributed by atoms with Gasteiger partial charge in [-0.05, 0) is 30.5 Å². The van der Waals surface area contributed by atoms with Crippen molar-refractivity contribution in [2.24, 2.45) is 7.05 Å². The van der Waals surface area contributed by atoms with Crippen LogP contribution in [0.5, 0.6) is 0 Å². The fourth-order valence-electron chi connectivity index (χ4n) is 2.64. The fourth-order valence-corrected chi connectivity index (χ4v) is 2.64. The van der Waals surface area contributed by atoms with Gasteiger partial charge in [0.1, 0.15) is 0 Å². The van der Waals surface area contributed by atoms with E-state index in [1.807, 2.05) is 17.9 Å². The van der Waals surface area contributed by atoms with Crippen LogP contribution in [0, 0.1) is 0 Å². The topological polar surface area (TPSA) is 21.1 Å². The Balaban J connectivity index is 2.03. The average Bonchev–Trinajstić information content (AvgIpc) is 2.94. The van der Waals surface area contributed by atoms with Crippen molar-refractivity contribution in [3.05, 3.63) is 41.7 Å². The summed E-state index contributed by atoms with van der Waals surface area (Å²) in [6, 6.07) is 7.21. The van der Waals surface area contributed by atoms with Crippen LogP contribution in [0.15, 0.2) is 30.6 Å². The fraction of sp³-hybridized carbons (Fsp3) is 0.400. The van der Waals surface area contributed by atoms with Crippen LogP contribution in [-0.2, 0) is 20.1 Å². The molecule has 0 spiro atoms. The van der Waals surface area contributed by atoms with E-state index < -0.39 is 0 Å². The number of benzene rings is 1. The number of nitrogens with zero attached hydrogens (tertiary/aromatic N) is 3. The molecule has 0 N–H and O–H groups in total. The molecule has 0 saturated carbocycles. The van der Waals surface area contributed by atoms with Gasteiger partial charge < -0.3 is 0 Å². The highest BCUT2D eigenvalue weighted by atomic mass is 15.2. The van der Waals surface area contributed by atoms with E-state index >= 15 is 0 Å². The van der Waals surface area contributed by atoms with E-state index in [0.717, 1.165) is 13.1 Å². The SMILES string of the molecule is CC(C)N1Cc2cccc(-c3cnn(C)c3)c2C1. The molecule has 1 aliphatic rings. The summed E-state index contributed by atoms with van der Waals surface area (Å²) in [4.78, 5) is 2.50. The average molecular weight is 241 g/mol. The molecule has 0 atom stereocenters. The third-order valence-electron chi connectivity index (χ3n) is 3.75. The monoisotopic (exact) mass is 241 g/mol. The van der Waals surface area contributed by atoms with Gasteiger partial charge in [-0.1, -0.05) is 18.2 Å². The molecule has 2 heterocycles. The molecular formula is C15H19N3. The molecule has 0 amide bonds. The first kappa shape index (κ1) is 11.5. The first-order chi connectivity index (χ1) is 8.65. The molecule has 2 aromatic rings. The van der Waals surface area contributed by atoms with Crippen LogP contribution in [0.3, 0.4) is 0 Å². The summed E-state index contributed by atoms with van der Waals surface area (Å²) in [5.74, 6) is 0. The van der Waals surface area contributed by atoms with Crippen molar-refractivity contribution in [2.75, 3.05) is 0 Å². The normalized spacial score (nSPS) is 15.3. The van der Waals surface area contributed by atoms with Gasteiger partial charge in [-0.3, -0.25) is 9.58 Å². The first-order valence-electron chi connectivity index (χ1n) is 6.49. The maximum atomic E-state index is 4.28. The Morgan fingerprint density at radius 1 is 1.22 bits per heavy atom. The molecule has 1 aromatic carbocycles. The van der Waals surface area contributed by atoms with E-state index in [9.17, 15) is 0 Å². The van der Waals surface area contributed by atoms with Gasteiger partial charge in [0, 0.05) is 37.9 Å². The van der Waals surface area contributed by atoms with Crippen molar-refractivity contribution in [3.63, 3.8) is 0 Å². The Kier molecular flexibility index (Phi) is 2.71. The van der Waals surface area contributed by atoms with Crippen molar-refractivity contribution in [1.29, 1.82) is 0 Å². The van der Waals surface area contributed by atoms with Gasteiger partial charge in [-0.15, -0.1) is 0 Å². The molecule has 3 heteroatoms. The third-order valence-corrected chi connectivity index (χ3v) is 3.75. The van der Waals surface area contributed by atoms with Gasteiger partial charge in [0.05, 0.1) is 6.20 Å². The van der Waals surface area contributed by atoms with E-state index in [1.54, 1.807) is 0 Å². The summed E-state index contributed by atoms with van der Waals surface area (Å²) in [6.07, 6.45) is 4.04. The Morgan fingerprint density at radius 2 is 2.06 bits per heavy atom. The van der Waals surface area contributed by atoms with Gasteiger partial charge in [0.25, 0.3) is 0 Å². The number of aryl methyl sites for hydroxylation is 1. The highest BCUT2D eigenvalue weighted by molar-refractivity contribution is 5.68. The molecule has 0 radical (unpaired) electrons. The van der Waals surface area contributed by atoms with Gasteiger partial charge in [0.2, 0.25) is 0 Å². The largest absolute Gasteiger partial charge is 0.292 e. The molecule has 0 bridgehead atoms. The molecule has 94 valence electrons. The number of hydrogen-bond acceptors (Lipinski definition) is 2. The van der Waals surface area contributed by atoms with Crippen LogP contribution in [0.4, 0.5) is 0 Å². The second-order valence-corrected chi connectivity index (χ2v) is 5.34. The lowest BCUT2D eigenvalue weighted by atomic mass is 9.99. The molecular weight excluding hydrogens is 222 g/mol. The molecule has 0 aliphatic carbocycles. The quantitative estimate of drug-likeness (QED) is 0.806. The van der Waals surface area contributed by atoms with Crippen LogP contribution in [-0.4, -0.2) is 20.7 Å². The van der Waals surface area contributed by atoms with Gasteiger partial charge >= 0.3 is 0 Å². The number of hydrogen-bond donors (Lipinski definition) is 0. The predicted octanol–water partition coefficient (Wildman–Crippen LogP) is 2.81. The van der Waals surface area contributed by atoms with Crippen LogP contribution in [0.2, 0.25) is 0 Å². The zero-order valence-corrected chi connectivity index (χ0v) is 11.2. The molecule has 1 aliphatic heterocycles. The Bertz CT molecular complexity index is 569. The second kappa shape index (κ2) is 4.25. The minimum atomic E-state index is 0.596. The molecule has 1 aromatic heterocycles.